The molecule has 2 atom stereocenters. The SMILES string of the molecule is CCS(=O)(=O)N1Cc2ccccc2CC1C(=O)NC(C)c1ccc(C(C)C)cc1. The molecule has 0 aliphatic carbocycles. The Labute approximate surface area is 174 Å². The van der Waals surface area contributed by atoms with Crippen LogP contribution in [0.2, 0.25) is 0 Å². The van der Waals surface area contributed by atoms with Gasteiger partial charge in [0.15, 0.2) is 0 Å². The Bertz CT molecular complexity index is 968. The average Bonchev–Trinajstić information content (AvgIpc) is 2.72. The van der Waals surface area contributed by atoms with Gasteiger partial charge in [-0.05, 0) is 48.4 Å². The molecule has 0 radical (unpaired) electrons. The number of sulfonamides is 1. The van der Waals surface area contributed by atoms with E-state index in [4.69, 9.17) is 0 Å². The number of carbonyl (C=O) groups is 1. The Morgan fingerprint density at radius 1 is 1.03 bits per heavy atom. The number of benzene rings is 2. The number of carbonyl (C=O) groups excluding carboxylic acids is 1. The van der Waals surface area contributed by atoms with Crippen molar-refractivity contribution >= 4 is 15.9 Å². The minimum Gasteiger partial charge on any atom is -0.348 e. The Hall–Kier alpha value is -2.18. The van der Waals surface area contributed by atoms with Gasteiger partial charge in [-0.15, -0.1) is 0 Å². The van der Waals surface area contributed by atoms with Crippen LogP contribution in [-0.4, -0.2) is 30.4 Å². The van der Waals surface area contributed by atoms with Gasteiger partial charge in [-0.2, -0.15) is 4.31 Å². The van der Waals surface area contributed by atoms with Crippen molar-refractivity contribution in [3.63, 3.8) is 0 Å². The summed E-state index contributed by atoms with van der Waals surface area (Å²) in [6.45, 7) is 8.07. The van der Waals surface area contributed by atoms with E-state index in [1.807, 2.05) is 43.3 Å². The third-order valence-electron chi connectivity index (χ3n) is 5.69. The number of fused-ring (bicyclic) bond motifs is 1. The van der Waals surface area contributed by atoms with Crippen molar-refractivity contribution in [1.29, 1.82) is 0 Å². The van der Waals surface area contributed by atoms with Crippen molar-refractivity contribution < 1.29 is 13.2 Å². The van der Waals surface area contributed by atoms with E-state index in [-0.39, 0.29) is 24.2 Å². The zero-order valence-corrected chi connectivity index (χ0v) is 18.4. The van der Waals surface area contributed by atoms with Crippen molar-refractivity contribution in [2.24, 2.45) is 0 Å². The molecule has 0 saturated heterocycles. The average molecular weight is 415 g/mol. The van der Waals surface area contributed by atoms with E-state index in [0.717, 1.165) is 16.7 Å². The maximum atomic E-state index is 13.1. The summed E-state index contributed by atoms with van der Waals surface area (Å²) in [5.74, 6) is 0.173. The highest BCUT2D eigenvalue weighted by Crippen LogP contribution is 2.27. The fraction of sp³-hybridized carbons (Fsp3) is 0.435. The van der Waals surface area contributed by atoms with Crippen LogP contribution in [0.25, 0.3) is 0 Å². The minimum absolute atomic E-state index is 0.0227. The van der Waals surface area contributed by atoms with Crippen LogP contribution < -0.4 is 5.32 Å². The molecule has 156 valence electrons. The van der Waals surface area contributed by atoms with Gasteiger partial charge in [0.05, 0.1) is 11.8 Å². The molecular formula is C23H30N2O3S. The molecule has 3 rings (SSSR count). The van der Waals surface area contributed by atoms with Gasteiger partial charge in [0, 0.05) is 6.54 Å². The second-order valence-corrected chi connectivity index (χ2v) is 10.2. The lowest BCUT2D eigenvalue weighted by Crippen LogP contribution is -2.53. The van der Waals surface area contributed by atoms with Gasteiger partial charge in [0.1, 0.15) is 6.04 Å². The van der Waals surface area contributed by atoms with Crippen LogP contribution in [0.1, 0.15) is 61.9 Å². The molecule has 0 bridgehead atoms. The van der Waals surface area contributed by atoms with Crippen LogP contribution in [0, 0.1) is 0 Å². The predicted molar refractivity (Wildman–Crippen MR) is 116 cm³/mol. The first-order valence-electron chi connectivity index (χ1n) is 10.2. The number of hydrogen-bond donors (Lipinski definition) is 1. The lowest BCUT2D eigenvalue weighted by molar-refractivity contribution is -0.125. The quantitative estimate of drug-likeness (QED) is 0.783. The lowest BCUT2D eigenvalue weighted by atomic mass is 9.95. The van der Waals surface area contributed by atoms with E-state index >= 15 is 0 Å². The van der Waals surface area contributed by atoms with E-state index in [1.54, 1.807) is 6.92 Å². The molecule has 2 aromatic carbocycles. The summed E-state index contributed by atoms with van der Waals surface area (Å²) in [4.78, 5) is 13.1. The molecule has 5 nitrogen and oxygen atoms in total. The highest BCUT2D eigenvalue weighted by atomic mass is 32.2. The standard InChI is InChI=1S/C23H30N2O3S/c1-5-29(27,28)25-15-21-9-7-6-8-20(21)14-22(25)23(26)24-17(4)19-12-10-18(11-13-19)16(2)3/h6-13,16-17,22H,5,14-15H2,1-4H3,(H,24,26). The largest absolute Gasteiger partial charge is 0.348 e. The maximum Gasteiger partial charge on any atom is 0.239 e. The van der Waals surface area contributed by atoms with Gasteiger partial charge in [-0.25, -0.2) is 8.42 Å². The highest BCUT2D eigenvalue weighted by Gasteiger charge is 2.38. The molecule has 29 heavy (non-hydrogen) atoms. The molecule has 6 heteroatoms. The molecule has 2 unspecified atom stereocenters. The van der Waals surface area contributed by atoms with Crippen molar-refractivity contribution in [2.75, 3.05) is 5.75 Å². The highest BCUT2D eigenvalue weighted by molar-refractivity contribution is 7.89. The van der Waals surface area contributed by atoms with Crippen LogP contribution in [-0.2, 0) is 27.8 Å². The Kier molecular flexibility index (Phi) is 6.44. The predicted octanol–water partition coefficient (Wildman–Crippen LogP) is 3.76. The fourth-order valence-electron chi connectivity index (χ4n) is 3.74. The molecule has 0 fully saturated rings. The third-order valence-corrected chi connectivity index (χ3v) is 7.52. The topological polar surface area (TPSA) is 66.5 Å². The Balaban J connectivity index is 1.81. The van der Waals surface area contributed by atoms with Crippen LogP contribution in [0.3, 0.4) is 0 Å². The number of nitrogens with zero attached hydrogens (tertiary/aromatic N) is 1. The number of nitrogens with one attached hydrogen (secondary N) is 1. The van der Waals surface area contributed by atoms with Gasteiger partial charge >= 0.3 is 0 Å². The van der Waals surface area contributed by atoms with Gasteiger partial charge in [-0.1, -0.05) is 62.4 Å². The van der Waals surface area contributed by atoms with Gasteiger partial charge in [0.2, 0.25) is 15.9 Å². The normalized spacial score (nSPS) is 18.3. The minimum atomic E-state index is -3.50. The smallest absolute Gasteiger partial charge is 0.239 e. The summed E-state index contributed by atoms with van der Waals surface area (Å²) in [6.07, 6.45) is 0.389. The Morgan fingerprint density at radius 2 is 1.62 bits per heavy atom. The molecule has 0 spiro atoms. The summed E-state index contributed by atoms with van der Waals surface area (Å²) >= 11 is 0. The summed E-state index contributed by atoms with van der Waals surface area (Å²) in [6, 6.07) is 15.0. The fourth-order valence-corrected chi connectivity index (χ4v) is 4.97. The molecule has 0 saturated carbocycles. The zero-order chi connectivity index (χ0) is 21.2. The van der Waals surface area contributed by atoms with Crippen LogP contribution >= 0.6 is 0 Å². The second kappa shape index (κ2) is 8.67. The lowest BCUT2D eigenvalue weighted by Gasteiger charge is -2.35. The van der Waals surface area contributed by atoms with Crippen molar-refractivity contribution in [3.8, 4) is 0 Å². The summed E-state index contributed by atoms with van der Waals surface area (Å²) in [7, 11) is -3.50. The molecule has 1 aliphatic heterocycles. The molecule has 1 N–H and O–H groups in total. The molecule has 1 aliphatic rings. The van der Waals surface area contributed by atoms with Crippen molar-refractivity contribution in [2.45, 2.75) is 58.7 Å². The monoisotopic (exact) mass is 414 g/mol. The Morgan fingerprint density at radius 3 is 2.21 bits per heavy atom. The number of hydrogen-bond acceptors (Lipinski definition) is 3. The summed E-state index contributed by atoms with van der Waals surface area (Å²) < 4.78 is 26.7. The van der Waals surface area contributed by atoms with Crippen LogP contribution in [0.4, 0.5) is 0 Å². The second-order valence-electron chi connectivity index (χ2n) is 7.99. The van der Waals surface area contributed by atoms with E-state index in [1.165, 1.54) is 9.87 Å². The molecule has 2 aromatic rings. The molecule has 0 aromatic heterocycles. The van der Waals surface area contributed by atoms with E-state index in [9.17, 15) is 13.2 Å². The van der Waals surface area contributed by atoms with Crippen LogP contribution in [0.15, 0.2) is 48.5 Å². The van der Waals surface area contributed by atoms with Crippen molar-refractivity contribution in [3.05, 3.63) is 70.8 Å². The van der Waals surface area contributed by atoms with E-state index in [2.05, 4.69) is 31.3 Å². The van der Waals surface area contributed by atoms with Gasteiger partial charge < -0.3 is 5.32 Å². The van der Waals surface area contributed by atoms with E-state index in [0.29, 0.717) is 12.3 Å². The maximum absolute atomic E-state index is 13.1. The first kappa shape index (κ1) is 21.5. The van der Waals surface area contributed by atoms with Crippen LogP contribution in [0.5, 0.6) is 0 Å². The number of rotatable bonds is 6. The number of amides is 1. The van der Waals surface area contributed by atoms with Gasteiger partial charge in [-0.3, -0.25) is 4.79 Å². The summed E-state index contributed by atoms with van der Waals surface area (Å²) in [5, 5.41) is 3.03. The summed E-state index contributed by atoms with van der Waals surface area (Å²) in [5.41, 5.74) is 4.25. The van der Waals surface area contributed by atoms with Gasteiger partial charge in [0.25, 0.3) is 0 Å². The third kappa shape index (κ3) is 4.70. The molecule has 1 amide bonds. The molecular weight excluding hydrogens is 384 g/mol. The van der Waals surface area contributed by atoms with Crippen molar-refractivity contribution in [1.82, 2.24) is 9.62 Å². The first-order valence-corrected chi connectivity index (χ1v) is 11.8. The van der Waals surface area contributed by atoms with E-state index < -0.39 is 16.1 Å². The zero-order valence-electron chi connectivity index (χ0n) is 17.6. The molecule has 1 heterocycles. The first-order chi connectivity index (χ1) is 13.7.